The molecule has 1 aromatic carbocycles. The summed E-state index contributed by atoms with van der Waals surface area (Å²) >= 11 is 5.85. The van der Waals surface area contributed by atoms with E-state index in [9.17, 15) is 0 Å². The molecule has 0 aromatic heterocycles. The van der Waals surface area contributed by atoms with E-state index in [1.165, 1.54) is 6.21 Å². The van der Waals surface area contributed by atoms with Gasteiger partial charge in [-0.1, -0.05) is 23.7 Å². The lowest BCUT2D eigenvalue weighted by molar-refractivity contribution is 0.380. The lowest BCUT2D eigenvalue weighted by Gasteiger charge is -2.03. The van der Waals surface area contributed by atoms with E-state index >= 15 is 0 Å². The van der Waals surface area contributed by atoms with Crippen LogP contribution < -0.4 is 16.2 Å². The Bertz CT molecular complexity index is 374. The van der Waals surface area contributed by atoms with Gasteiger partial charge in [-0.15, -0.1) is 5.10 Å². The second kappa shape index (κ2) is 5.87. The van der Waals surface area contributed by atoms with E-state index in [4.69, 9.17) is 27.8 Å². The largest absolute Gasteiger partial charge is 0.486 e. The predicted molar refractivity (Wildman–Crippen MR) is 61.2 cm³/mol. The third kappa shape index (κ3) is 4.33. The molecule has 5 nitrogen and oxygen atoms in total. The molecule has 0 saturated heterocycles. The van der Waals surface area contributed by atoms with Crippen molar-refractivity contribution in [3.63, 3.8) is 0 Å². The lowest BCUT2D eigenvalue weighted by atomic mass is 10.3. The topological polar surface area (TPSA) is 86.0 Å². The lowest BCUT2D eigenvalue weighted by Crippen LogP contribution is -2.21. The third-order valence-corrected chi connectivity index (χ3v) is 1.72. The number of hydrogen-bond acceptors (Lipinski definition) is 3. The normalized spacial score (nSPS) is 10.2. The Hall–Kier alpha value is -1.75. The van der Waals surface area contributed by atoms with Crippen LogP contribution in [0.15, 0.2) is 34.5 Å². The maximum atomic E-state index is 5.85. The van der Waals surface area contributed by atoms with Crippen molar-refractivity contribution in [1.29, 1.82) is 0 Å². The molecule has 4 N–H and O–H groups in total. The molecule has 0 bridgehead atoms. The first-order valence-corrected chi connectivity index (χ1v) is 4.55. The number of benzene rings is 1. The van der Waals surface area contributed by atoms with Gasteiger partial charge in [-0.05, 0) is 12.1 Å². The molecule has 0 radical (unpaired) electrons. The molecule has 0 atom stereocenters. The average Bonchev–Trinajstić information content (AvgIpc) is 2.20. The predicted octanol–water partition coefficient (Wildman–Crippen LogP) is 0.978. The summed E-state index contributed by atoms with van der Waals surface area (Å²) in [6.07, 6.45) is 1.43. The number of rotatable bonds is 4. The van der Waals surface area contributed by atoms with E-state index in [0.717, 1.165) is 0 Å². The van der Waals surface area contributed by atoms with Gasteiger partial charge in [-0.3, -0.25) is 0 Å². The van der Waals surface area contributed by atoms with Gasteiger partial charge in [0.2, 0.25) is 5.96 Å². The fourth-order valence-corrected chi connectivity index (χ4v) is 1.02. The molecule has 0 aliphatic carbocycles. The zero-order valence-electron chi connectivity index (χ0n) is 7.93. The van der Waals surface area contributed by atoms with Crippen molar-refractivity contribution < 1.29 is 4.74 Å². The van der Waals surface area contributed by atoms with Crippen molar-refractivity contribution in [2.75, 3.05) is 6.61 Å². The van der Waals surface area contributed by atoms with Gasteiger partial charge in [0.15, 0.2) is 0 Å². The molecule has 15 heavy (non-hydrogen) atoms. The van der Waals surface area contributed by atoms with Crippen molar-refractivity contribution in [3.05, 3.63) is 29.3 Å². The highest BCUT2D eigenvalue weighted by Gasteiger charge is 1.96. The SMILES string of the molecule is NC(N)=NN=CCOc1ccccc1Cl. The number of hydrogen-bond donors (Lipinski definition) is 2. The highest BCUT2D eigenvalue weighted by atomic mass is 35.5. The van der Waals surface area contributed by atoms with Gasteiger partial charge in [-0.25, -0.2) is 0 Å². The minimum Gasteiger partial charge on any atom is -0.486 e. The highest BCUT2D eigenvalue weighted by Crippen LogP contribution is 2.22. The monoisotopic (exact) mass is 226 g/mol. The van der Waals surface area contributed by atoms with E-state index < -0.39 is 0 Å². The van der Waals surface area contributed by atoms with E-state index in [1.807, 2.05) is 12.1 Å². The summed E-state index contributed by atoms with van der Waals surface area (Å²) in [5.41, 5.74) is 10.1. The van der Waals surface area contributed by atoms with Crippen molar-refractivity contribution >= 4 is 23.8 Å². The Kier molecular flexibility index (Phi) is 4.43. The van der Waals surface area contributed by atoms with Gasteiger partial charge >= 0.3 is 0 Å². The van der Waals surface area contributed by atoms with Crippen molar-refractivity contribution in [3.8, 4) is 5.75 Å². The number of guanidine groups is 1. The molecule has 0 spiro atoms. The molecule has 0 fully saturated rings. The van der Waals surface area contributed by atoms with Crippen LogP contribution in [0.4, 0.5) is 0 Å². The van der Waals surface area contributed by atoms with Crippen LogP contribution in [0.5, 0.6) is 5.75 Å². The van der Waals surface area contributed by atoms with Gasteiger partial charge in [0.1, 0.15) is 12.4 Å². The molecule has 0 amide bonds. The second-order valence-electron chi connectivity index (χ2n) is 2.56. The van der Waals surface area contributed by atoms with Crippen LogP contribution in [-0.4, -0.2) is 18.8 Å². The van der Waals surface area contributed by atoms with Crippen LogP contribution in [0.25, 0.3) is 0 Å². The third-order valence-electron chi connectivity index (χ3n) is 1.40. The zero-order valence-corrected chi connectivity index (χ0v) is 8.69. The zero-order chi connectivity index (χ0) is 11.1. The molecule has 0 heterocycles. The number of ether oxygens (including phenoxy) is 1. The van der Waals surface area contributed by atoms with Gasteiger partial charge in [0.05, 0.1) is 11.2 Å². The standard InChI is InChI=1S/C9H11ClN4O/c10-7-3-1-2-4-8(7)15-6-5-13-14-9(11)12/h1-5H,6H2,(H4,11,12,14). The number of halogens is 1. The molecule has 0 unspecified atom stereocenters. The average molecular weight is 227 g/mol. The minimum atomic E-state index is -0.0935. The van der Waals surface area contributed by atoms with Crippen molar-refractivity contribution in [2.24, 2.45) is 21.7 Å². The fourth-order valence-electron chi connectivity index (χ4n) is 0.830. The molecular formula is C9H11ClN4O. The molecule has 0 aliphatic heterocycles. The molecule has 1 rings (SSSR count). The van der Waals surface area contributed by atoms with Gasteiger partial charge < -0.3 is 16.2 Å². The summed E-state index contributed by atoms with van der Waals surface area (Å²) in [5, 5.41) is 7.52. The maximum Gasteiger partial charge on any atom is 0.211 e. The number of para-hydroxylation sites is 1. The summed E-state index contributed by atoms with van der Waals surface area (Å²) in [4.78, 5) is 0. The Morgan fingerprint density at radius 1 is 1.40 bits per heavy atom. The molecular weight excluding hydrogens is 216 g/mol. The maximum absolute atomic E-state index is 5.85. The Morgan fingerprint density at radius 3 is 2.80 bits per heavy atom. The fraction of sp³-hybridized carbons (Fsp3) is 0.111. The first-order valence-electron chi connectivity index (χ1n) is 4.18. The molecule has 80 valence electrons. The molecule has 1 aromatic rings. The van der Waals surface area contributed by atoms with E-state index in [0.29, 0.717) is 10.8 Å². The van der Waals surface area contributed by atoms with Gasteiger partial charge in [-0.2, -0.15) is 5.10 Å². The van der Waals surface area contributed by atoms with Crippen LogP contribution in [-0.2, 0) is 0 Å². The molecule has 0 saturated carbocycles. The first-order chi connectivity index (χ1) is 7.20. The smallest absolute Gasteiger partial charge is 0.211 e. The van der Waals surface area contributed by atoms with Crippen molar-refractivity contribution in [2.45, 2.75) is 0 Å². The summed E-state index contributed by atoms with van der Waals surface area (Å²) in [7, 11) is 0. The minimum absolute atomic E-state index is 0.0935. The molecule has 0 aliphatic rings. The van der Waals surface area contributed by atoms with Gasteiger partial charge in [0, 0.05) is 0 Å². The summed E-state index contributed by atoms with van der Waals surface area (Å²) < 4.78 is 5.29. The van der Waals surface area contributed by atoms with Gasteiger partial charge in [0.25, 0.3) is 0 Å². The highest BCUT2D eigenvalue weighted by molar-refractivity contribution is 6.32. The second-order valence-corrected chi connectivity index (χ2v) is 2.97. The summed E-state index contributed by atoms with van der Waals surface area (Å²) in [6, 6.07) is 7.15. The van der Waals surface area contributed by atoms with Crippen LogP contribution >= 0.6 is 11.6 Å². The van der Waals surface area contributed by atoms with Crippen LogP contribution in [0.2, 0.25) is 5.02 Å². The van der Waals surface area contributed by atoms with Crippen LogP contribution in [0.3, 0.4) is 0 Å². The summed E-state index contributed by atoms with van der Waals surface area (Å²) in [5.74, 6) is 0.499. The van der Waals surface area contributed by atoms with Crippen molar-refractivity contribution in [1.82, 2.24) is 0 Å². The quantitative estimate of drug-likeness (QED) is 0.456. The first kappa shape index (κ1) is 11.3. The van der Waals surface area contributed by atoms with E-state index in [-0.39, 0.29) is 12.6 Å². The number of nitrogens with zero attached hydrogens (tertiary/aromatic N) is 2. The number of nitrogens with two attached hydrogens (primary N) is 2. The van der Waals surface area contributed by atoms with Crippen LogP contribution in [0, 0.1) is 0 Å². The van der Waals surface area contributed by atoms with E-state index in [2.05, 4.69) is 10.2 Å². The Morgan fingerprint density at radius 2 is 2.13 bits per heavy atom. The molecule has 6 heteroatoms. The Balaban J connectivity index is 2.42. The summed E-state index contributed by atoms with van der Waals surface area (Å²) in [6.45, 7) is 0.251. The Labute approximate surface area is 92.4 Å². The van der Waals surface area contributed by atoms with Crippen LogP contribution in [0.1, 0.15) is 0 Å². The van der Waals surface area contributed by atoms with E-state index in [1.54, 1.807) is 12.1 Å².